The van der Waals surface area contributed by atoms with Crippen LogP contribution < -0.4 is 15.8 Å². The van der Waals surface area contributed by atoms with Gasteiger partial charge in [-0.1, -0.05) is 12.8 Å². The molecule has 0 aromatic heterocycles. The van der Waals surface area contributed by atoms with Crippen molar-refractivity contribution in [3.8, 4) is 5.75 Å². The maximum absolute atomic E-state index is 5.89. The largest absolute Gasteiger partial charge is 0.489 e. The molecule has 0 unspecified atom stereocenters. The van der Waals surface area contributed by atoms with Gasteiger partial charge >= 0.3 is 0 Å². The van der Waals surface area contributed by atoms with Crippen LogP contribution in [0.4, 0.5) is 11.4 Å². The Morgan fingerprint density at radius 2 is 2.00 bits per heavy atom. The molecule has 0 atom stereocenters. The van der Waals surface area contributed by atoms with Crippen molar-refractivity contribution in [2.24, 2.45) is 0 Å². The third-order valence-corrected chi connectivity index (χ3v) is 3.10. The molecule has 0 saturated heterocycles. The zero-order valence-corrected chi connectivity index (χ0v) is 10.7. The molecule has 1 aromatic carbocycles. The highest BCUT2D eigenvalue weighted by atomic mass is 16.5. The standard InChI is InChI=1S/C14H22N2O/c1-10(2)17-14-9-12(7-8-13(14)15)16-11-5-3-4-6-11/h7-11,16H,3-6,15H2,1-2H3. The van der Waals surface area contributed by atoms with E-state index in [4.69, 9.17) is 10.5 Å². The average molecular weight is 234 g/mol. The Balaban J connectivity index is 2.06. The van der Waals surface area contributed by atoms with Crippen LogP contribution in [-0.4, -0.2) is 12.1 Å². The number of nitrogens with one attached hydrogen (secondary N) is 1. The fourth-order valence-electron chi connectivity index (χ4n) is 2.29. The van der Waals surface area contributed by atoms with Gasteiger partial charge in [0.05, 0.1) is 11.8 Å². The molecule has 1 fully saturated rings. The second kappa shape index (κ2) is 5.30. The predicted octanol–water partition coefficient (Wildman–Crippen LogP) is 3.41. The van der Waals surface area contributed by atoms with Crippen LogP contribution in [0.2, 0.25) is 0 Å². The van der Waals surface area contributed by atoms with Gasteiger partial charge in [-0.15, -0.1) is 0 Å². The first kappa shape index (κ1) is 12.1. The minimum atomic E-state index is 0.152. The van der Waals surface area contributed by atoms with Gasteiger partial charge in [0, 0.05) is 17.8 Å². The Kier molecular flexibility index (Phi) is 3.77. The first-order valence-corrected chi connectivity index (χ1v) is 6.48. The van der Waals surface area contributed by atoms with Crippen molar-refractivity contribution >= 4 is 11.4 Å². The topological polar surface area (TPSA) is 47.3 Å². The molecule has 3 heteroatoms. The van der Waals surface area contributed by atoms with Crippen molar-refractivity contribution in [3.05, 3.63) is 18.2 Å². The number of hydrogen-bond donors (Lipinski definition) is 2. The van der Waals surface area contributed by atoms with Gasteiger partial charge in [-0.3, -0.25) is 0 Å². The second-order valence-electron chi connectivity index (χ2n) is 5.04. The third kappa shape index (κ3) is 3.29. The molecule has 0 heterocycles. The van der Waals surface area contributed by atoms with E-state index in [0.29, 0.717) is 11.7 Å². The molecule has 17 heavy (non-hydrogen) atoms. The normalized spacial score (nSPS) is 16.4. The van der Waals surface area contributed by atoms with Crippen LogP contribution in [-0.2, 0) is 0 Å². The highest BCUT2D eigenvalue weighted by molar-refractivity contribution is 5.61. The molecule has 0 radical (unpaired) electrons. The van der Waals surface area contributed by atoms with Crippen LogP contribution in [0.25, 0.3) is 0 Å². The number of ether oxygens (including phenoxy) is 1. The molecule has 94 valence electrons. The minimum absolute atomic E-state index is 0.152. The smallest absolute Gasteiger partial charge is 0.144 e. The SMILES string of the molecule is CC(C)Oc1cc(NC2CCCC2)ccc1N. The quantitative estimate of drug-likeness (QED) is 0.785. The number of anilines is 2. The van der Waals surface area contributed by atoms with Gasteiger partial charge < -0.3 is 15.8 Å². The summed E-state index contributed by atoms with van der Waals surface area (Å²) in [6.07, 6.45) is 5.36. The van der Waals surface area contributed by atoms with E-state index >= 15 is 0 Å². The van der Waals surface area contributed by atoms with Gasteiger partial charge in [0.15, 0.2) is 0 Å². The lowest BCUT2D eigenvalue weighted by Gasteiger charge is -2.17. The average Bonchev–Trinajstić information content (AvgIpc) is 2.75. The zero-order valence-electron chi connectivity index (χ0n) is 10.7. The van der Waals surface area contributed by atoms with E-state index in [1.54, 1.807) is 0 Å². The molecule has 1 aromatic rings. The summed E-state index contributed by atoms with van der Waals surface area (Å²) in [5.74, 6) is 0.781. The molecular formula is C14H22N2O. The molecule has 1 aliphatic carbocycles. The summed E-state index contributed by atoms with van der Waals surface area (Å²) in [5, 5.41) is 3.55. The summed E-state index contributed by atoms with van der Waals surface area (Å²) in [6, 6.07) is 6.56. The molecule has 1 aliphatic rings. The molecule has 3 nitrogen and oxygen atoms in total. The van der Waals surface area contributed by atoms with Crippen molar-refractivity contribution in [2.75, 3.05) is 11.1 Å². The van der Waals surface area contributed by atoms with E-state index in [1.807, 2.05) is 32.0 Å². The van der Waals surface area contributed by atoms with Gasteiger partial charge in [0.25, 0.3) is 0 Å². The number of rotatable bonds is 4. The monoisotopic (exact) mass is 234 g/mol. The summed E-state index contributed by atoms with van der Waals surface area (Å²) in [6.45, 7) is 4.02. The Morgan fingerprint density at radius 1 is 1.29 bits per heavy atom. The summed E-state index contributed by atoms with van der Waals surface area (Å²) >= 11 is 0. The lowest BCUT2D eigenvalue weighted by Crippen LogP contribution is -2.15. The molecule has 0 amide bonds. The fourth-order valence-corrected chi connectivity index (χ4v) is 2.29. The van der Waals surface area contributed by atoms with Crippen LogP contribution in [0.15, 0.2) is 18.2 Å². The Morgan fingerprint density at radius 3 is 2.65 bits per heavy atom. The summed E-state index contributed by atoms with van der Waals surface area (Å²) in [7, 11) is 0. The summed E-state index contributed by atoms with van der Waals surface area (Å²) < 4.78 is 5.69. The molecule has 0 spiro atoms. The van der Waals surface area contributed by atoms with Gasteiger partial charge in [-0.25, -0.2) is 0 Å². The first-order chi connectivity index (χ1) is 8.15. The van der Waals surface area contributed by atoms with Gasteiger partial charge in [-0.05, 0) is 38.8 Å². The maximum Gasteiger partial charge on any atom is 0.144 e. The minimum Gasteiger partial charge on any atom is -0.489 e. The number of nitrogens with two attached hydrogens (primary N) is 1. The van der Waals surface area contributed by atoms with Crippen molar-refractivity contribution < 1.29 is 4.74 Å². The lowest BCUT2D eigenvalue weighted by atomic mass is 10.2. The maximum atomic E-state index is 5.89. The van der Waals surface area contributed by atoms with Crippen molar-refractivity contribution in [3.63, 3.8) is 0 Å². The van der Waals surface area contributed by atoms with E-state index in [2.05, 4.69) is 5.32 Å². The van der Waals surface area contributed by atoms with Crippen LogP contribution in [0.1, 0.15) is 39.5 Å². The van der Waals surface area contributed by atoms with E-state index in [-0.39, 0.29) is 6.10 Å². The fraction of sp³-hybridized carbons (Fsp3) is 0.571. The molecule has 2 rings (SSSR count). The number of hydrogen-bond acceptors (Lipinski definition) is 3. The Hall–Kier alpha value is -1.38. The van der Waals surface area contributed by atoms with E-state index in [9.17, 15) is 0 Å². The molecule has 0 bridgehead atoms. The van der Waals surface area contributed by atoms with Crippen LogP contribution in [0.5, 0.6) is 5.75 Å². The molecule has 3 N–H and O–H groups in total. The van der Waals surface area contributed by atoms with Gasteiger partial charge in [0.1, 0.15) is 5.75 Å². The highest BCUT2D eigenvalue weighted by Gasteiger charge is 2.15. The lowest BCUT2D eigenvalue weighted by molar-refractivity contribution is 0.244. The van der Waals surface area contributed by atoms with E-state index in [1.165, 1.54) is 25.7 Å². The molecular weight excluding hydrogens is 212 g/mol. The Labute approximate surface area is 103 Å². The highest BCUT2D eigenvalue weighted by Crippen LogP contribution is 2.29. The van der Waals surface area contributed by atoms with Crippen LogP contribution in [0.3, 0.4) is 0 Å². The van der Waals surface area contributed by atoms with Crippen molar-refractivity contribution in [1.29, 1.82) is 0 Å². The van der Waals surface area contributed by atoms with Crippen molar-refractivity contribution in [2.45, 2.75) is 51.7 Å². The predicted molar refractivity (Wildman–Crippen MR) is 72.5 cm³/mol. The summed E-state index contributed by atoms with van der Waals surface area (Å²) in [4.78, 5) is 0. The third-order valence-electron chi connectivity index (χ3n) is 3.10. The second-order valence-corrected chi connectivity index (χ2v) is 5.04. The van der Waals surface area contributed by atoms with Crippen molar-refractivity contribution in [1.82, 2.24) is 0 Å². The Bertz CT molecular complexity index is 370. The van der Waals surface area contributed by atoms with Crippen LogP contribution >= 0.6 is 0 Å². The number of benzene rings is 1. The van der Waals surface area contributed by atoms with Crippen LogP contribution in [0, 0.1) is 0 Å². The zero-order chi connectivity index (χ0) is 12.3. The van der Waals surface area contributed by atoms with Gasteiger partial charge in [0.2, 0.25) is 0 Å². The first-order valence-electron chi connectivity index (χ1n) is 6.48. The van der Waals surface area contributed by atoms with E-state index in [0.717, 1.165) is 11.4 Å². The molecule has 0 aliphatic heterocycles. The summed E-state index contributed by atoms with van der Waals surface area (Å²) in [5.41, 5.74) is 7.71. The number of nitrogen functional groups attached to an aromatic ring is 1. The molecule has 1 saturated carbocycles. The van der Waals surface area contributed by atoms with Gasteiger partial charge in [-0.2, -0.15) is 0 Å². The van der Waals surface area contributed by atoms with E-state index < -0.39 is 0 Å².